The van der Waals surface area contributed by atoms with Gasteiger partial charge in [-0.05, 0) is 40.2 Å². The summed E-state index contributed by atoms with van der Waals surface area (Å²) in [5.41, 5.74) is 7.39. The Morgan fingerprint density at radius 3 is 2.56 bits per heavy atom. The normalized spacial score (nSPS) is 10.4. The number of nitrogens with two attached hydrogens (primary N) is 1. The second kappa shape index (κ2) is 5.47. The van der Waals surface area contributed by atoms with Crippen LogP contribution in [0.1, 0.15) is 0 Å². The van der Waals surface area contributed by atoms with Crippen molar-refractivity contribution in [2.45, 2.75) is 0 Å². The van der Waals surface area contributed by atoms with Crippen molar-refractivity contribution in [3.8, 4) is 0 Å². The first-order valence-corrected chi connectivity index (χ1v) is 6.90. The molecular formula is C12H8Br2ClFN2. The first kappa shape index (κ1) is 13.6. The molecule has 0 atom stereocenters. The van der Waals surface area contributed by atoms with E-state index in [0.29, 0.717) is 11.4 Å². The second-order valence-corrected chi connectivity index (χ2v) is 5.78. The molecule has 0 saturated heterocycles. The van der Waals surface area contributed by atoms with Gasteiger partial charge in [0.15, 0.2) is 0 Å². The van der Waals surface area contributed by atoms with Crippen molar-refractivity contribution in [1.82, 2.24) is 0 Å². The van der Waals surface area contributed by atoms with E-state index in [1.807, 2.05) is 18.2 Å². The summed E-state index contributed by atoms with van der Waals surface area (Å²) in [5, 5.41) is 3.12. The third-order valence-electron chi connectivity index (χ3n) is 2.29. The van der Waals surface area contributed by atoms with Gasteiger partial charge in [0.2, 0.25) is 0 Å². The molecule has 0 fully saturated rings. The number of rotatable bonds is 2. The van der Waals surface area contributed by atoms with E-state index >= 15 is 0 Å². The smallest absolute Gasteiger partial charge is 0.143 e. The number of hydrogen-bond acceptors (Lipinski definition) is 2. The van der Waals surface area contributed by atoms with Gasteiger partial charge in [-0.25, -0.2) is 4.39 Å². The standard InChI is InChI=1S/C12H8Br2ClFN2/c13-6-1-2-7(14)11(3-6)18-12-4-8(15)9(16)5-10(12)17/h1-5,18H,17H2. The summed E-state index contributed by atoms with van der Waals surface area (Å²) >= 11 is 12.5. The lowest BCUT2D eigenvalue weighted by Gasteiger charge is -2.12. The quantitative estimate of drug-likeness (QED) is 0.676. The topological polar surface area (TPSA) is 38.0 Å². The molecule has 3 N–H and O–H groups in total. The highest BCUT2D eigenvalue weighted by atomic mass is 79.9. The molecule has 2 aromatic rings. The molecule has 18 heavy (non-hydrogen) atoms. The van der Waals surface area contributed by atoms with Crippen molar-refractivity contribution in [1.29, 1.82) is 0 Å². The minimum Gasteiger partial charge on any atom is -0.397 e. The highest BCUT2D eigenvalue weighted by molar-refractivity contribution is 9.11. The molecule has 0 saturated carbocycles. The summed E-state index contributed by atoms with van der Waals surface area (Å²) in [7, 11) is 0. The number of benzene rings is 2. The Kier molecular flexibility index (Phi) is 4.14. The van der Waals surface area contributed by atoms with Gasteiger partial charge >= 0.3 is 0 Å². The van der Waals surface area contributed by atoms with Gasteiger partial charge in [-0.2, -0.15) is 0 Å². The maximum Gasteiger partial charge on any atom is 0.143 e. The third-order valence-corrected chi connectivity index (χ3v) is 3.76. The van der Waals surface area contributed by atoms with E-state index in [1.165, 1.54) is 12.1 Å². The molecule has 94 valence electrons. The van der Waals surface area contributed by atoms with Crippen LogP contribution in [-0.4, -0.2) is 0 Å². The summed E-state index contributed by atoms with van der Waals surface area (Å²) < 4.78 is 15.0. The Morgan fingerprint density at radius 1 is 1.11 bits per heavy atom. The van der Waals surface area contributed by atoms with E-state index in [0.717, 1.165) is 14.6 Å². The van der Waals surface area contributed by atoms with E-state index in [4.69, 9.17) is 17.3 Å². The Hall–Kier alpha value is -0.780. The van der Waals surface area contributed by atoms with Crippen LogP contribution in [0.3, 0.4) is 0 Å². The molecule has 0 unspecified atom stereocenters. The molecule has 2 aromatic carbocycles. The van der Waals surface area contributed by atoms with Crippen molar-refractivity contribution in [2.24, 2.45) is 0 Å². The first-order chi connectivity index (χ1) is 8.47. The van der Waals surface area contributed by atoms with Gasteiger partial charge in [-0.3, -0.25) is 0 Å². The van der Waals surface area contributed by atoms with E-state index in [1.54, 1.807) is 0 Å². The lowest BCUT2D eigenvalue weighted by Crippen LogP contribution is -1.98. The van der Waals surface area contributed by atoms with Crippen LogP contribution >= 0.6 is 43.5 Å². The van der Waals surface area contributed by atoms with Gasteiger partial charge in [-0.15, -0.1) is 0 Å². The van der Waals surface area contributed by atoms with Gasteiger partial charge in [0.05, 0.1) is 22.1 Å². The highest BCUT2D eigenvalue weighted by Gasteiger charge is 2.08. The molecule has 0 radical (unpaired) electrons. The summed E-state index contributed by atoms with van der Waals surface area (Å²) in [5.74, 6) is -0.534. The number of hydrogen-bond donors (Lipinski definition) is 2. The Bertz CT molecular complexity index is 605. The predicted octanol–water partition coefficient (Wildman–Crippen LogP) is 5.33. The van der Waals surface area contributed by atoms with Crippen LogP contribution < -0.4 is 11.1 Å². The second-order valence-electron chi connectivity index (χ2n) is 3.60. The summed E-state index contributed by atoms with van der Waals surface area (Å²) in [6, 6.07) is 8.31. The van der Waals surface area contributed by atoms with E-state index in [2.05, 4.69) is 37.2 Å². The average Bonchev–Trinajstić information content (AvgIpc) is 2.30. The first-order valence-electron chi connectivity index (χ1n) is 4.94. The molecule has 0 amide bonds. The van der Waals surface area contributed by atoms with Crippen molar-refractivity contribution >= 4 is 60.5 Å². The molecule has 2 rings (SSSR count). The van der Waals surface area contributed by atoms with Crippen molar-refractivity contribution in [3.63, 3.8) is 0 Å². The van der Waals surface area contributed by atoms with Gasteiger partial charge in [0.25, 0.3) is 0 Å². The molecular weight excluding hydrogens is 386 g/mol. The predicted molar refractivity (Wildman–Crippen MR) is 80.9 cm³/mol. The van der Waals surface area contributed by atoms with Gasteiger partial charge in [0, 0.05) is 15.0 Å². The minimum absolute atomic E-state index is 0.0258. The number of anilines is 3. The molecule has 0 aliphatic heterocycles. The molecule has 0 spiro atoms. The number of halogens is 4. The summed E-state index contributed by atoms with van der Waals surface area (Å²) in [4.78, 5) is 0. The van der Waals surface area contributed by atoms with E-state index in [-0.39, 0.29) is 5.02 Å². The summed E-state index contributed by atoms with van der Waals surface area (Å²) in [6.07, 6.45) is 0. The fourth-order valence-corrected chi connectivity index (χ4v) is 2.28. The van der Waals surface area contributed by atoms with Crippen LogP contribution in [0.5, 0.6) is 0 Å². The molecule has 0 aliphatic carbocycles. The monoisotopic (exact) mass is 392 g/mol. The largest absolute Gasteiger partial charge is 0.397 e. The van der Waals surface area contributed by atoms with E-state index < -0.39 is 5.82 Å². The van der Waals surface area contributed by atoms with E-state index in [9.17, 15) is 4.39 Å². The van der Waals surface area contributed by atoms with Crippen LogP contribution in [0, 0.1) is 5.82 Å². The third kappa shape index (κ3) is 2.96. The van der Waals surface area contributed by atoms with Crippen LogP contribution in [0.15, 0.2) is 39.3 Å². The fraction of sp³-hybridized carbons (Fsp3) is 0. The highest BCUT2D eigenvalue weighted by Crippen LogP contribution is 2.33. The van der Waals surface area contributed by atoms with Crippen molar-refractivity contribution in [3.05, 3.63) is 50.1 Å². The van der Waals surface area contributed by atoms with Crippen LogP contribution in [0.25, 0.3) is 0 Å². The molecule has 0 aromatic heterocycles. The van der Waals surface area contributed by atoms with Crippen molar-refractivity contribution in [2.75, 3.05) is 11.1 Å². The SMILES string of the molecule is Nc1cc(F)c(Cl)cc1Nc1cc(Br)ccc1Br. The zero-order chi connectivity index (χ0) is 13.3. The minimum atomic E-state index is -0.534. The van der Waals surface area contributed by atoms with Gasteiger partial charge in [0.1, 0.15) is 5.82 Å². The lowest BCUT2D eigenvalue weighted by molar-refractivity contribution is 0.629. The zero-order valence-electron chi connectivity index (χ0n) is 8.98. The Morgan fingerprint density at radius 2 is 1.83 bits per heavy atom. The lowest BCUT2D eigenvalue weighted by atomic mass is 10.2. The van der Waals surface area contributed by atoms with Gasteiger partial charge in [-0.1, -0.05) is 27.5 Å². The number of nitrogens with one attached hydrogen (secondary N) is 1. The maximum atomic E-state index is 13.2. The molecule has 2 nitrogen and oxygen atoms in total. The molecule has 0 aliphatic rings. The maximum absolute atomic E-state index is 13.2. The van der Waals surface area contributed by atoms with Crippen LogP contribution in [0.2, 0.25) is 5.02 Å². The molecule has 0 heterocycles. The Balaban J connectivity index is 2.40. The molecule has 6 heteroatoms. The fourth-order valence-electron chi connectivity index (χ4n) is 1.41. The molecule has 0 bridgehead atoms. The zero-order valence-corrected chi connectivity index (χ0v) is 12.9. The Labute approximate surface area is 126 Å². The van der Waals surface area contributed by atoms with Crippen LogP contribution in [0.4, 0.5) is 21.5 Å². The average molecular weight is 394 g/mol. The number of nitrogen functional groups attached to an aromatic ring is 1. The van der Waals surface area contributed by atoms with Crippen molar-refractivity contribution < 1.29 is 4.39 Å². The van der Waals surface area contributed by atoms with Gasteiger partial charge < -0.3 is 11.1 Å². The van der Waals surface area contributed by atoms with Crippen LogP contribution in [-0.2, 0) is 0 Å². The summed E-state index contributed by atoms with van der Waals surface area (Å²) in [6.45, 7) is 0.